The molecule has 3 aromatic rings. The Kier molecular flexibility index (Phi) is 3.85. The number of aryl methyl sites for hydroxylation is 1. The molecule has 0 fully saturated rings. The molecule has 6 heteroatoms. The fourth-order valence-corrected chi connectivity index (χ4v) is 3.65. The number of nitrogens with zero attached hydrogens (tertiary/aromatic N) is 5. The molecule has 1 aliphatic heterocycles. The van der Waals surface area contributed by atoms with E-state index < -0.39 is 0 Å². The monoisotopic (exact) mass is 323 g/mol. The van der Waals surface area contributed by atoms with Crippen LogP contribution in [-0.2, 0) is 19.5 Å². The average molecular weight is 323 g/mol. The van der Waals surface area contributed by atoms with Crippen LogP contribution in [0.15, 0.2) is 36.2 Å². The fraction of sp³-hybridized carbons (Fsp3) is 0.294. The Morgan fingerprint density at radius 2 is 2.09 bits per heavy atom. The summed E-state index contributed by atoms with van der Waals surface area (Å²) < 4.78 is 0. The molecule has 0 atom stereocenters. The highest BCUT2D eigenvalue weighted by atomic mass is 32.1. The first-order chi connectivity index (χ1) is 11.3. The van der Waals surface area contributed by atoms with E-state index in [0.717, 1.165) is 43.1 Å². The summed E-state index contributed by atoms with van der Waals surface area (Å²) in [5.41, 5.74) is 6.49. The smallest absolute Gasteiger partial charge is 0.159 e. The first-order valence-electron chi connectivity index (χ1n) is 7.66. The van der Waals surface area contributed by atoms with Gasteiger partial charge in [-0.15, -0.1) is 11.3 Å². The summed E-state index contributed by atoms with van der Waals surface area (Å²) in [6, 6.07) is 3.90. The van der Waals surface area contributed by atoms with Gasteiger partial charge in [0.15, 0.2) is 5.82 Å². The largest absolute Gasteiger partial charge is 0.293 e. The molecule has 3 aromatic heterocycles. The van der Waals surface area contributed by atoms with Gasteiger partial charge in [-0.25, -0.2) is 15.0 Å². The molecule has 0 aromatic carbocycles. The Balaban J connectivity index is 1.53. The van der Waals surface area contributed by atoms with Crippen LogP contribution in [0.2, 0.25) is 0 Å². The molecule has 0 radical (unpaired) electrons. The summed E-state index contributed by atoms with van der Waals surface area (Å²) in [4.78, 5) is 21.5. The van der Waals surface area contributed by atoms with Crippen molar-refractivity contribution in [3.63, 3.8) is 0 Å². The number of fused-ring (bicyclic) bond motifs is 1. The average Bonchev–Trinajstić information content (AvgIpc) is 3.00. The molecule has 1 aliphatic rings. The zero-order chi connectivity index (χ0) is 15.6. The van der Waals surface area contributed by atoms with E-state index in [1.54, 1.807) is 23.7 Å². The summed E-state index contributed by atoms with van der Waals surface area (Å²) in [7, 11) is 0. The van der Waals surface area contributed by atoms with Gasteiger partial charge in [0.2, 0.25) is 0 Å². The molecule has 0 amide bonds. The van der Waals surface area contributed by atoms with Crippen molar-refractivity contribution >= 4 is 11.3 Å². The zero-order valence-electron chi connectivity index (χ0n) is 12.9. The second-order valence-electron chi connectivity index (χ2n) is 5.72. The lowest BCUT2D eigenvalue weighted by Crippen LogP contribution is -2.30. The molecule has 0 saturated heterocycles. The number of aromatic nitrogens is 4. The highest BCUT2D eigenvalue weighted by Gasteiger charge is 2.19. The van der Waals surface area contributed by atoms with Gasteiger partial charge in [-0.2, -0.15) is 0 Å². The molecular formula is C17H17N5S. The Morgan fingerprint density at radius 1 is 1.22 bits per heavy atom. The van der Waals surface area contributed by atoms with Crippen LogP contribution in [0.1, 0.15) is 21.8 Å². The van der Waals surface area contributed by atoms with Crippen molar-refractivity contribution in [3.05, 3.63) is 58.1 Å². The Morgan fingerprint density at radius 3 is 2.87 bits per heavy atom. The third-order valence-corrected chi connectivity index (χ3v) is 5.08. The lowest BCUT2D eigenvalue weighted by Gasteiger charge is -2.27. The molecule has 0 unspecified atom stereocenters. The number of thiazole rings is 1. The van der Waals surface area contributed by atoms with Crippen LogP contribution in [0.25, 0.3) is 11.4 Å². The standard InChI is InChI=1S/C17H17N5S/c1-12-16(23-11-20-12)10-22-7-4-15-14(9-22)8-19-17(21-15)13-2-5-18-6-3-13/h2-3,5-6,8,11H,4,7,9-10H2,1H3. The predicted molar refractivity (Wildman–Crippen MR) is 89.9 cm³/mol. The number of rotatable bonds is 3. The SMILES string of the molecule is Cc1ncsc1CN1CCc2nc(-c3ccncc3)ncc2C1. The zero-order valence-corrected chi connectivity index (χ0v) is 13.8. The lowest BCUT2D eigenvalue weighted by molar-refractivity contribution is 0.244. The van der Waals surface area contributed by atoms with Gasteiger partial charge >= 0.3 is 0 Å². The maximum atomic E-state index is 4.76. The van der Waals surface area contributed by atoms with E-state index in [0.29, 0.717) is 0 Å². The van der Waals surface area contributed by atoms with Crippen molar-refractivity contribution < 1.29 is 0 Å². The van der Waals surface area contributed by atoms with Crippen molar-refractivity contribution in [3.8, 4) is 11.4 Å². The van der Waals surface area contributed by atoms with Crippen LogP contribution >= 0.6 is 11.3 Å². The molecule has 0 bridgehead atoms. The third-order valence-electron chi connectivity index (χ3n) is 4.16. The van der Waals surface area contributed by atoms with E-state index in [2.05, 4.69) is 26.8 Å². The number of hydrogen-bond acceptors (Lipinski definition) is 6. The summed E-state index contributed by atoms with van der Waals surface area (Å²) in [6.45, 7) is 4.97. The van der Waals surface area contributed by atoms with Gasteiger partial charge in [0.1, 0.15) is 0 Å². The second-order valence-corrected chi connectivity index (χ2v) is 6.66. The second kappa shape index (κ2) is 6.14. The molecule has 0 saturated carbocycles. The van der Waals surface area contributed by atoms with Crippen LogP contribution in [0.3, 0.4) is 0 Å². The van der Waals surface area contributed by atoms with Gasteiger partial charge in [-0.3, -0.25) is 9.88 Å². The number of hydrogen-bond donors (Lipinski definition) is 0. The molecule has 4 heterocycles. The third kappa shape index (κ3) is 3.00. The molecule has 23 heavy (non-hydrogen) atoms. The van der Waals surface area contributed by atoms with Crippen molar-refractivity contribution in [2.24, 2.45) is 0 Å². The predicted octanol–water partition coefficient (Wildman–Crippen LogP) is 2.86. The highest BCUT2D eigenvalue weighted by molar-refractivity contribution is 7.09. The summed E-state index contributed by atoms with van der Waals surface area (Å²) in [5, 5.41) is 0. The Hall–Kier alpha value is -2.18. The lowest BCUT2D eigenvalue weighted by atomic mass is 10.1. The number of pyridine rings is 1. The van der Waals surface area contributed by atoms with E-state index in [9.17, 15) is 0 Å². The molecule has 4 rings (SSSR count). The van der Waals surface area contributed by atoms with Crippen molar-refractivity contribution in [2.45, 2.75) is 26.4 Å². The van der Waals surface area contributed by atoms with Crippen LogP contribution in [0.5, 0.6) is 0 Å². The highest BCUT2D eigenvalue weighted by Crippen LogP contribution is 2.23. The van der Waals surface area contributed by atoms with Gasteiger partial charge in [0, 0.05) is 60.6 Å². The van der Waals surface area contributed by atoms with Gasteiger partial charge in [0.05, 0.1) is 16.9 Å². The molecule has 0 N–H and O–H groups in total. The maximum Gasteiger partial charge on any atom is 0.159 e. The van der Waals surface area contributed by atoms with Crippen molar-refractivity contribution in [1.29, 1.82) is 0 Å². The van der Waals surface area contributed by atoms with Gasteiger partial charge < -0.3 is 0 Å². The summed E-state index contributed by atoms with van der Waals surface area (Å²) >= 11 is 1.73. The Bertz CT molecular complexity index is 815. The molecule has 0 aliphatic carbocycles. The molecule has 0 spiro atoms. The van der Waals surface area contributed by atoms with E-state index in [-0.39, 0.29) is 0 Å². The van der Waals surface area contributed by atoms with Gasteiger partial charge in [-0.1, -0.05) is 0 Å². The van der Waals surface area contributed by atoms with E-state index in [1.807, 2.05) is 23.8 Å². The quantitative estimate of drug-likeness (QED) is 0.742. The molecule has 116 valence electrons. The Labute approximate surface area is 139 Å². The van der Waals surface area contributed by atoms with Crippen LogP contribution < -0.4 is 0 Å². The fourth-order valence-electron chi connectivity index (χ4n) is 2.83. The first kappa shape index (κ1) is 14.4. The first-order valence-corrected chi connectivity index (χ1v) is 8.54. The normalized spacial score (nSPS) is 14.7. The van der Waals surface area contributed by atoms with Crippen LogP contribution in [-0.4, -0.2) is 31.4 Å². The molecule has 5 nitrogen and oxygen atoms in total. The molecular weight excluding hydrogens is 306 g/mol. The topological polar surface area (TPSA) is 54.8 Å². The van der Waals surface area contributed by atoms with E-state index in [4.69, 9.17) is 4.98 Å². The van der Waals surface area contributed by atoms with Crippen LogP contribution in [0, 0.1) is 6.92 Å². The summed E-state index contributed by atoms with van der Waals surface area (Å²) in [5.74, 6) is 0.790. The van der Waals surface area contributed by atoms with Crippen LogP contribution in [0.4, 0.5) is 0 Å². The van der Waals surface area contributed by atoms with Crippen molar-refractivity contribution in [2.75, 3.05) is 6.54 Å². The van der Waals surface area contributed by atoms with Gasteiger partial charge in [0.25, 0.3) is 0 Å². The van der Waals surface area contributed by atoms with Crippen molar-refractivity contribution in [1.82, 2.24) is 24.8 Å². The minimum atomic E-state index is 0.790. The maximum absolute atomic E-state index is 4.76. The summed E-state index contributed by atoms with van der Waals surface area (Å²) in [6.07, 6.45) is 6.49. The van der Waals surface area contributed by atoms with E-state index in [1.165, 1.54) is 16.1 Å². The minimum Gasteiger partial charge on any atom is -0.293 e. The van der Waals surface area contributed by atoms with Gasteiger partial charge in [-0.05, 0) is 19.1 Å². The van der Waals surface area contributed by atoms with E-state index >= 15 is 0 Å². The minimum absolute atomic E-state index is 0.790.